The first-order valence-corrected chi connectivity index (χ1v) is 10.2. The molecule has 0 atom stereocenters. The van der Waals surface area contributed by atoms with Gasteiger partial charge in [-0.1, -0.05) is 12.1 Å². The maximum absolute atomic E-state index is 12.8. The summed E-state index contributed by atoms with van der Waals surface area (Å²) in [6.45, 7) is 3.42. The van der Waals surface area contributed by atoms with Crippen molar-refractivity contribution in [1.29, 1.82) is 0 Å². The van der Waals surface area contributed by atoms with Gasteiger partial charge < -0.3 is 19.7 Å². The fourth-order valence-corrected chi connectivity index (χ4v) is 3.39. The summed E-state index contributed by atoms with van der Waals surface area (Å²) in [5, 5.41) is 13.5. The lowest BCUT2D eigenvalue weighted by Gasteiger charge is -2.32. The topological polar surface area (TPSA) is 111 Å². The number of alkyl carbamates (subject to hydrolysis) is 1. The molecule has 2 aromatic rings. The van der Waals surface area contributed by atoms with Gasteiger partial charge in [0.2, 0.25) is 0 Å². The van der Waals surface area contributed by atoms with E-state index in [0.717, 1.165) is 0 Å². The van der Waals surface area contributed by atoms with Crippen molar-refractivity contribution < 1.29 is 24.0 Å². The van der Waals surface area contributed by atoms with Gasteiger partial charge in [-0.05, 0) is 49.6 Å². The predicted molar refractivity (Wildman–Crippen MR) is 113 cm³/mol. The van der Waals surface area contributed by atoms with Crippen LogP contribution in [0, 0.1) is 10.1 Å². The minimum absolute atomic E-state index is 0.0154. The lowest BCUT2D eigenvalue weighted by atomic mass is 10.0. The number of nitrogens with one attached hydrogen (secondary N) is 1. The van der Waals surface area contributed by atoms with E-state index in [1.165, 1.54) is 12.1 Å². The highest BCUT2D eigenvalue weighted by Crippen LogP contribution is 2.22. The smallest absolute Gasteiger partial charge is 0.407 e. The quantitative estimate of drug-likeness (QED) is 0.535. The van der Waals surface area contributed by atoms with Crippen LogP contribution in [0.15, 0.2) is 48.5 Å². The summed E-state index contributed by atoms with van der Waals surface area (Å²) in [6, 6.07) is 12.9. The van der Waals surface area contributed by atoms with Crippen LogP contribution in [-0.2, 0) is 11.3 Å². The summed E-state index contributed by atoms with van der Waals surface area (Å²) in [5.41, 5.74) is 1.19. The van der Waals surface area contributed by atoms with Gasteiger partial charge in [0.05, 0.1) is 17.1 Å². The molecule has 0 spiro atoms. The monoisotopic (exact) mass is 427 g/mol. The first kappa shape index (κ1) is 22.1. The van der Waals surface area contributed by atoms with Crippen molar-refractivity contribution in [3.63, 3.8) is 0 Å². The molecule has 0 unspecified atom stereocenters. The Bertz CT molecular complexity index is 923. The van der Waals surface area contributed by atoms with Crippen molar-refractivity contribution in [3.05, 3.63) is 69.8 Å². The largest absolute Gasteiger partial charge is 0.493 e. The van der Waals surface area contributed by atoms with Gasteiger partial charge in [0, 0.05) is 31.3 Å². The molecule has 1 aliphatic heterocycles. The second kappa shape index (κ2) is 10.4. The van der Waals surface area contributed by atoms with Crippen LogP contribution in [0.25, 0.3) is 0 Å². The van der Waals surface area contributed by atoms with E-state index < -0.39 is 11.0 Å². The molecule has 1 fully saturated rings. The lowest BCUT2D eigenvalue weighted by Crippen LogP contribution is -2.46. The van der Waals surface area contributed by atoms with Crippen molar-refractivity contribution in [2.75, 3.05) is 19.7 Å². The number of carbonyl (C=O) groups excluding carboxylic acids is 2. The summed E-state index contributed by atoms with van der Waals surface area (Å²) in [5.74, 6) is 0.494. The fraction of sp³-hybridized carbons (Fsp3) is 0.364. The molecular weight excluding hydrogens is 402 g/mol. The number of amides is 2. The standard InChI is InChI=1S/C22H25N3O6/c1-2-30-20-6-4-3-5-19(20)21(26)24-13-11-17(12-14-24)23-22(27)31-15-16-7-9-18(10-8-16)25(28)29/h3-10,17H,2,11-15H2,1H3,(H,23,27). The number of para-hydroxylation sites is 1. The number of rotatable bonds is 7. The predicted octanol–water partition coefficient (Wildman–Crippen LogP) is 3.52. The van der Waals surface area contributed by atoms with Crippen molar-refractivity contribution >= 4 is 17.7 Å². The number of nitrogens with zero attached hydrogens (tertiary/aromatic N) is 2. The molecule has 1 N–H and O–H groups in total. The van der Waals surface area contributed by atoms with E-state index in [1.54, 1.807) is 29.2 Å². The Morgan fingerprint density at radius 2 is 1.81 bits per heavy atom. The second-order valence-corrected chi connectivity index (χ2v) is 7.14. The third-order valence-electron chi connectivity index (χ3n) is 5.04. The molecule has 2 aromatic carbocycles. The van der Waals surface area contributed by atoms with Crippen molar-refractivity contribution in [2.45, 2.75) is 32.4 Å². The Morgan fingerprint density at radius 3 is 2.45 bits per heavy atom. The van der Waals surface area contributed by atoms with E-state index >= 15 is 0 Å². The number of non-ortho nitro benzene ring substituents is 1. The highest BCUT2D eigenvalue weighted by molar-refractivity contribution is 5.97. The zero-order chi connectivity index (χ0) is 22.2. The summed E-state index contributed by atoms with van der Waals surface area (Å²) >= 11 is 0. The van der Waals surface area contributed by atoms with Gasteiger partial charge in [-0.15, -0.1) is 0 Å². The first-order valence-electron chi connectivity index (χ1n) is 10.2. The normalized spacial score (nSPS) is 14.0. The van der Waals surface area contributed by atoms with E-state index in [4.69, 9.17) is 9.47 Å². The van der Waals surface area contributed by atoms with E-state index in [1.807, 2.05) is 19.1 Å². The minimum atomic E-state index is -0.551. The van der Waals surface area contributed by atoms with Crippen molar-refractivity contribution in [2.24, 2.45) is 0 Å². The van der Waals surface area contributed by atoms with Gasteiger partial charge in [0.25, 0.3) is 11.6 Å². The Labute approximate surface area is 180 Å². The third kappa shape index (κ3) is 5.94. The number of nitro groups is 1. The summed E-state index contributed by atoms with van der Waals surface area (Å²) in [4.78, 5) is 36.9. The van der Waals surface area contributed by atoms with Crippen LogP contribution in [0.2, 0.25) is 0 Å². The molecular formula is C22H25N3O6. The highest BCUT2D eigenvalue weighted by Gasteiger charge is 2.26. The van der Waals surface area contributed by atoms with E-state index in [0.29, 0.717) is 49.4 Å². The number of hydrogen-bond acceptors (Lipinski definition) is 6. The number of nitro benzene ring substituents is 1. The lowest BCUT2D eigenvalue weighted by molar-refractivity contribution is -0.384. The van der Waals surface area contributed by atoms with Gasteiger partial charge in [0.1, 0.15) is 12.4 Å². The van der Waals surface area contributed by atoms with Crippen molar-refractivity contribution in [1.82, 2.24) is 10.2 Å². The Kier molecular flexibility index (Phi) is 7.42. The van der Waals surface area contributed by atoms with Crippen LogP contribution in [0.4, 0.5) is 10.5 Å². The number of hydrogen-bond donors (Lipinski definition) is 1. The molecule has 9 nitrogen and oxygen atoms in total. The van der Waals surface area contributed by atoms with Crippen LogP contribution in [-0.4, -0.2) is 47.6 Å². The first-order chi connectivity index (χ1) is 15.0. The van der Waals surface area contributed by atoms with Gasteiger partial charge >= 0.3 is 6.09 Å². The van der Waals surface area contributed by atoms with Crippen molar-refractivity contribution in [3.8, 4) is 5.75 Å². The number of benzene rings is 2. The molecule has 1 heterocycles. The van der Waals surface area contributed by atoms with Gasteiger partial charge in [0.15, 0.2) is 0 Å². The number of piperidine rings is 1. The molecule has 0 aromatic heterocycles. The minimum Gasteiger partial charge on any atom is -0.493 e. The second-order valence-electron chi connectivity index (χ2n) is 7.14. The Hall–Kier alpha value is -3.62. The molecule has 164 valence electrons. The molecule has 1 aliphatic rings. The zero-order valence-electron chi connectivity index (χ0n) is 17.3. The molecule has 9 heteroatoms. The Balaban J connectivity index is 1.45. The molecule has 0 bridgehead atoms. The van der Waals surface area contributed by atoms with E-state index in [9.17, 15) is 19.7 Å². The fourth-order valence-electron chi connectivity index (χ4n) is 3.39. The van der Waals surface area contributed by atoms with Crippen LogP contribution >= 0.6 is 0 Å². The Morgan fingerprint density at radius 1 is 1.13 bits per heavy atom. The number of ether oxygens (including phenoxy) is 2. The maximum Gasteiger partial charge on any atom is 0.407 e. The summed E-state index contributed by atoms with van der Waals surface area (Å²) < 4.78 is 10.8. The molecule has 1 saturated heterocycles. The molecule has 2 amide bonds. The highest BCUT2D eigenvalue weighted by atomic mass is 16.6. The maximum atomic E-state index is 12.8. The molecule has 0 aliphatic carbocycles. The molecule has 31 heavy (non-hydrogen) atoms. The van der Waals surface area contributed by atoms with Crippen LogP contribution in [0.5, 0.6) is 5.75 Å². The summed E-state index contributed by atoms with van der Waals surface area (Å²) in [6.07, 6.45) is 0.689. The number of likely N-dealkylation sites (tertiary alicyclic amines) is 1. The van der Waals surface area contributed by atoms with Crippen LogP contribution in [0.3, 0.4) is 0 Å². The number of carbonyl (C=O) groups is 2. The molecule has 0 saturated carbocycles. The molecule has 3 rings (SSSR count). The van der Waals surface area contributed by atoms with Crippen LogP contribution in [0.1, 0.15) is 35.7 Å². The van der Waals surface area contributed by atoms with Gasteiger partial charge in [-0.3, -0.25) is 14.9 Å². The summed E-state index contributed by atoms with van der Waals surface area (Å²) in [7, 11) is 0. The third-order valence-corrected chi connectivity index (χ3v) is 5.04. The SMILES string of the molecule is CCOc1ccccc1C(=O)N1CCC(NC(=O)OCc2ccc([N+](=O)[O-])cc2)CC1. The van der Waals surface area contributed by atoms with E-state index in [-0.39, 0.29) is 24.2 Å². The van der Waals surface area contributed by atoms with Crippen LogP contribution < -0.4 is 10.1 Å². The van der Waals surface area contributed by atoms with Gasteiger partial charge in [-0.25, -0.2) is 4.79 Å². The van der Waals surface area contributed by atoms with Gasteiger partial charge in [-0.2, -0.15) is 0 Å². The van der Waals surface area contributed by atoms with E-state index in [2.05, 4.69) is 5.32 Å². The zero-order valence-corrected chi connectivity index (χ0v) is 17.3. The average Bonchev–Trinajstić information content (AvgIpc) is 2.78. The molecule has 0 radical (unpaired) electrons. The average molecular weight is 427 g/mol.